The van der Waals surface area contributed by atoms with Crippen LogP contribution < -0.4 is 15.5 Å². The van der Waals surface area contributed by atoms with Gasteiger partial charge in [0.1, 0.15) is 0 Å². The van der Waals surface area contributed by atoms with Crippen LogP contribution in [-0.2, 0) is 6.54 Å². The van der Waals surface area contributed by atoms with E-state index < -0.39 is 0 Å². The molecular weight excluding hydrogens is 326 g/mol. The summed E-state index contributed by atoms with van der Waals surface area (Å²) in [4.78, 5) is 6.63. The average molecular weight is 358 g/mol. The molecule has 1 aromatic carbocycles. The largest absolute Gasteiger partial charge is 0.370 e. The van der Waals surface area contributed by atoms with E-state index in [1.54, 1.807) is 7.05 Å². The quantitative estimate of drug-likeness (QED) is 0.560. The van der Waals surface area contributed by atoms with Crippen LogP contribution in [0.1, 0.15) is 43.7 Å². The van der Waals surface area contributed by atoms with E-state index in [1.807, 2.05) is 6.07 Å². The van der Waals surface area contributed by atoms with Crippen molar-refractivity contribution >= 4 is 11.6 Å². The molecule has 0 spiro atoms. The van der Waals surface area contributed by atoms with Gasteiger partial charge in [-0.2, -0.15) is 0 Å². The first-order chi connectivity index (χ1) is 12.5. The van der Waals surface area contributed by atoms with E-state index in [9.17, 15) is 0 Å². The summed E-state index contributed by atoms with van der Waals surface area (Å²) >= 11 is 0. The number of hydrogen-bond acceptors (Lipinski definition) is 4. The Kier molecular flexibility index (Phi) is 7.51. The smallest absolute Gasteiger partial charge is 0.191 e. The topological polar surface area (TPSA) is 65.7 Å². The van der Waals surface area contributed by atoms with Gasteiger partial charge in [-0.15, -0.1) is 0 Å². The summed E-state index contributed by atoms with van der Waals surface area (Å²) in [6.45, 7) is 11.8. The molecule has 26 heavy (non-hydrogen) atoms. The van der Waals surface area contributed by atoms with Crippen LogP contribution in [0.25, 0.3) is 0 Å². The third kappa shape index (κ3) is 5.51. The molecule has 142 valence electrons. The number of aryl methyl sites for hydroxylation is 1. The highest BCUT2D eigenvalue weighted by atomic mass is 16.5. The second kappa shape index (κ2) is 9.85. The maximum Gasteiger partial charge on any atom is 0.191 e. The lowest BCUT2D eigenvalue weighted by Crippen LogP contribution is -2.41. The zero-order chi connectivity index (χ0) is 18.9. The van der Waals surface area contributed by atoms with Crippen LogP contribution in [0.3, 0.4) is 0 Å². The standard InChI is InChI=1S/C20H31N5O/c1-6-25(19-10-8-7-9-16(19)4)12-11-22-20(21-5)23-14-17-13-18(15(2)3)24-26-17/h7-10,13,15H,6,11-12,14H2,1-5H3,(H2,21,22,23). The summed E-state index contributed by atoms with van der Waals surface area (Å²) in [6, 6.07) is 10.5. The van der Waals surface area contributed by atoms with Crippen molar-refractivity contribution in [3.8, 4) is 0 Å². The Morgan fingerprint density at radius 1 is 1.27 bits per heavy atom. The molecule has 2 aromatic rings. The highest BCUT2D eigenvalue weighted by Gasteiger charge is 2.09. The minimum atomic E-state index is 0.367. The molecule has 0 aliphatic heterocycles. The monoisotopic (exact) mass is 357 g/mol. The van der Waals surface area contributed by atoms with Crippen molar-refractivity contribution < 1.29 is 4.52 Å². The minimum absolute atomic E-state index is 0.367. The van der Waals surface area contributed by atoms with Gasteiger partial charge in [0.25, 0.3) is 0 Å². The Balaban J connectivity index is 1.81. The zero-order valence-electron chi connectivity index (χ0n) is 16.5. The number of anilines is 1. The summed E-state index contributed by atoms with van der Waals surface area (Å²) in [5.41, 5.74) is 3.55. The van der Waals surface area contributed by atoms with Crippen molar-refractivity contribution in [1.29, 1.82) is 0 Å². The summed E-state index contributed by atoms with van der Waals surface area (Å²) in [5.74, 6) is 1.94. The Hall–Kier alpha value is -2.50. The van der Waals surface area contributed by atoms with E-state index in [-0.39, 0.29) is 0 Å². The van der Waals surface area contributed by atoms with E-state index in [2.05, 4.69) is 77.6 Å². The number of benzene rings is 1. The van der Waals surface area contributed by atoms with Crippen molar-refractivity contribution in [3.05, 3.63) is 47.3 Å². The molecule has 0 saturated heterocycles. The van der Waals surface area contributed by atoms with Gasteiger partial charge in [-0.1, -0.05) is 37.2 Å². The number of likely N-dealkylation sites (N-methyl/N-ethyl adjacent to an activating group) is 1. The van der Waals surface area contributed by atoms with Crippen LogP contribution >= 0.6 is 0 Å². The molecule has 0 aliphatic carbocycles. The lowest BCUT2D eigenvalue weighted by atomic mass is 10.1. The second-order valence-corrected chi connectivity index (χ2v) is 6.59. The highest BCUT2D eigenvalue weighted by molar-refractivity contribution is 5.79. The molecule has 2 N–H and O–H groups in total. The number of nitrogens with zero attached hydrogens (tertiary/aromatic N) is 3. The highest BCUT2D eigenvalue weighted by Crippen LogP contribution is 2.18. The normalized spacial score (nSPS) is 11.7. The van der Waals surface area contributed by atoms with Crippen molar-refractivity contribution in [3.63, 3.8) is 0 Å². The summed E-state index contributed by atoms with van der Waals surface area (Å²) in [7, 11) is 1.77. The Morgan fingerprint density at radius 3 is 2.65 bits per heavy atom. The third-order valence-electron chi connectivity index (χ3n) is 4.33. The zero-order valence-corrected chi connectivity index (χ0v) is 16.5. The van der Waals surface area contributed by atoms with Crippen LogP contribution in [-0.4, -0.2) is 37.8 Å². The predicted octanol–water partition coefficient (Wildman–Crippen LogP) is 3.30. The minimum Gasteiger partial charge on any atom is -0.370 e. The Labute approximate surface area is 156 Å². The van der Waals surface area contributed by atoms with Crippen LogP contribution in [0.2, 0.25) is 0 Å². The van der Waals surface area contributed by atoms with Gasteiger partial charge in [0.15, 0.2) is 11.7 Å². The number of aliphatic imine (C=N–C) groups is 1. The summed E-state index contributed by atoms with van der Waals surface area (Å²) in [6.07, 6.45) is 0. The number of hydrogen-bond donors (Lipinski definition) is 2. The first-order valence-electron chi connectivity index (χ1n) is 9.25. The summed E-state index contributed by atoms with van der Waals surface area (Å²) < 4.78 is 5.35. The molecule has 6 nitrogen and oxygen atoms in total. The molecule has 0 unspecified atom stereocenters. The van der Waals surface area contributed by atoms with Gasteiger partial charge in [0.2, 0.25) is 0 Å². The number of guanidine groups is 1. The molecule has 2 rings (SSSR count). The van der Waals surface area contributed by atoms with Crippen LogP contribution in [0.15, 0.2) is 39.8 Å². The Morgan fingerprint density at radius 2 is 2.04 bits per heavy atom. The van der Waals surface area contributed by atoms with E-state index >= 15 is 0 Å². The molecule has 0 aliphatic rings. The van der Waals surface area contributed by atoms with Gasteiger partial charge in [0.05, 0.1) is 12.2 Å². The van der Waals surface area contributed by atoms with Gasteiger partial charge in [-0.3, -0.25) is 4.99 Å². The van der Waals surface area contributed by atoms with Gasteiger partial charge >= 0.3 is 0 Å². The van der Waals surface area contributed by atoms with Gasteiger partial charge in [0, 0.05) is 38.4 Å². The van der Waals surface area contributed by atoms with Crippen molar-refractivity contribution in [2.75, 3.05) is 31.6 Å². The number of rotatable bonds is 8. The molecule has 0 fully saturated rings. The van der Waals surface area contributed by atoms with E-state index in [0.29, 0.717) is 12.5 Å². The van der Waals surface area contributed by atoms with Crippen molar-refractivity contribution in [2.45, 2.75) is 40.2 Å². The van der Waals surface area contributed by atoms with E-state index in [1.165, 1.54) is 11.3 Å². The van der Waals surface area contributed by atoms with Gasteiger partial charge in [-0.05, 0) is 31.4 Å². The van der Waals surface area contributed by atoms with E-state index in [4.69, 9.17) is 4.52 Å². The van der Waals surface area contributed by atoms with Gasteiger partial charge in [-0.25, -0.2) is 0 Å². The molecule has 6 heteroatoms. The van der Waals surface area contributed by atoms with Crippen molar-refractivity contribution in [1.82, 2.24) is 15.8 Å². The molecule has 1 heterocycles. The lowest BCUT2D eigenvalue weighted by molar-refractivity contribution is 0.372. The van der Waals surface area contributed by atoms with E-state index in [0.717, 1.165) is 37.0 Å². The molecular formula is C20H31N5O. The first kappa shape index (κ1) is 19.8. The molecule has 0 radical (unpaired) electrons. The fourth-order valence-corrected chi connectivity index (χ4v) is 2.75. The van der Waals surface area contributed by atoms with Crippen molar-refractivity contribution in [2.24, 2.45) is 4.99 Å². The lowest BCUT2D eigenvalue weighted by Gasteiger charge is -2.25. The predicted molar refractivity (Wildman–Crippen MR) is 108 cm³/mol. The SMILES string of the molecule is CCN(CCNC(=NC)NCc1cc(C(C)C)no1)c1ccccc1C. The van der Waals surface area contributed by atoms with Crippen LogP contribution in [0, 0.1) is 6.92 Å². The first-order valence-corrected chi connectivity index (χ1v) is 9.25. The maximum atomic E-state index is 5.35. The maximum absolute atomic E-state index is 5.35. The second-order valence-electron chi connectivity index (χ2n) is 6.59. The number of para-hydroxylation sites is 1. The molecule has 1 aromatic heterocycles. The molecule has 0 atom stereocenters. The average Bonchev–Trinajstić information content (AvgIpc) is 3.11. The summed E-state index contributed by atoms with van der Waals surface area (Å²) in [5, 5.41) is 10.7. The fraction of sp³-hybridized carbons (Fsp3) is 0.500. The molecule has 0 amide bonds. The van der Waals surface area contributed by atoms with Gasteiger partial charge < -0.3 is 20.1 Å². The molecule has 0 bridgehead atoms. The third-order valence-corrected chi connectivity index (χ3v) is 4.33. The Bertz CT molecular complexity index is 708. The number of nitrogens with one attached hydrogen (secondary N) is 2. The fourth-order valence-electron chi connectivity index (χ4n) is 2.75. The number of aromatic nitrogens is 1. The van der Waals surface area contributed by atoms with Crippen LogP contribution in [0.4, 0.5) is 5.69 Å². The molecule has 0 saturated carbocycles. The van der Waals surface area contributed by atoms with Crippen LogP contribution in [0.5, 0.6) is 0 Å².